The highest BCUT2D eigenvalue weighted by Gasteiger charge is 2.15. The van der Waals surface area contributed by atoms with Crippen LogP contribution in [0.4, 0.5) is 0 Å². The van der Waals surface area contributed by atoms with E-state index in [1.54, 1.807) is 0 Å². The molecule has 0 aliphatic carbocycles. The van der Waals surface area contributed by atoms with Gasteiger partial charge in [-0.25, -0.2) is 0 Å². The molecule has 0 aromatic rings. The summed E-state index contributed by atoms with van der Waals surface area (Å²) in [4.78, 5) is 0. The molecule has 0 aromatic carbocycles. The molecule has 3 N–H and O–H groups in total. The number of hydrogen-bond donors (Lipinski definition) is 3. The second kappa shape index (κ2) is 4.75. The highest BCUT2D eigenvalue weighted by Crippen LogP contribution is 2.16. The Labute approximate surface area is 68.0 Å². The van der Waals surface area contributed by atoms with E-state index in [9.17, 15) is 0 Å². The van der Waals surface area contributed by atoms with Crippen LogP contribution in [0.15, 0.2) is 0 Å². The van der Waals surface area contributed by atoms with Gasteiger partial charge >= 0.3 is 7.12 Å². The minimum absolute atomic E-state index is 0.520. The van der Waals surface area contributed by atoms with Crippen molar-refractivity contribution < 1.29 is 10.0 Å². The van der Waals surface area contributed by atoms with Crippen molar-refractivity contribution in [3.8, 4) is 0 Å². The van der Waals surface area contributed by atoms with Crippen molar-refractivity contribution in [2.75, 3.05) is 13.1 Å². The van der Waals surface area contributed by atoms with E-state index in [1.807, 2.05) is 0 Å². The van der Waals surface area contributed by atoms with Gasteiger partial charge in [0.1, 0.15) is 0 Å². The van der Waals surface area contributed by atoms with Crippen LogP contribution in [0, 0.1) is 5.92 Å². The van der Waals surface area contributed by atoms with Gasteiger partial charge in [-0.1, -0.05) is 6.42 Å². The average molecular weight is 157 g/mol. The van der Waals surface area contributed by atoms with Crippen molar-refractivity contribution in [3.63, 3.8) is 0 Å². The van der Waals surface area contributed by atoms with Crippen LogP contribution in [0.2, 0.25) is 6.32 Å². The summed E-state index contributed by atoms with van der Waals surface area (Å²) in [6.07, 6.45) is 3.92. The van der Waals surface area contributed by atoms with Gasteiger partial charge in [0.15, 0.2) is 0 Å². The highest BCUT2D eigenvalue weighted by molar-refractivity contribution is 6.40. The monoisotopic (exact) mass is 157 g/mol. The Kier molecular flexibility index (Phi) is 3.90. The van der Waals surface area contributed by atoms with Crippen molar-refractivity contribution in [2.45, 2.75) is 25.6 Å². The fourth-order valence-electron chi connectivity index (χ4n) is 1.56. The second-order valence-corrected chi connectivity index (χ2v) is 3.27. The predicted molar refractivity (Wildman–Crippen MR) is 45.2 cm³/mol. The van der Waals surface area contributed by atoms with E-state index in [0.29, 0.717) is 12.2 Å². The zero-order valence-electron chi connectivity index (χ0n) is 6.79. The maximum absolute atomic E-state index is 8.62. The quantitative estimate of drug-likeness (QED) is 0.499. The molecule has 0 saturated carbocycles. The first-order valence-electron chi connectivity index (χ1n) is 4.36. The molecule has 1 aliphatic heterocycles. The van der Waals surface area contributed by atoms with Gasteiger partial charge in [0.25, 0.3) is 0 Å². The maximum Gasteiger partial charge on any atom is 0.451 e. The van der Waals surface area contributed by atoms with Gasteiger partial charge < -0.3 is 15.4 Å². The first-order valence-corrected chi connectivity index (χ1v) is 4.36. The van der Waals surface area contributed by atoms with Gasteiger partial charge in [-0.05, 0) is 38.2 Å². The minimum atomic E-state index is -1.11. The molecule has 1 rings (SSSR count). The molecule has 1 atom stereocenters. The molecule has 0 amide bonds. The molecule has 11 heavy (non-hydrogen) atoms. The Hall–Kier alpha value is -0.0551. The molecule has 3 nitrogen and oxygen atoms in total. The maximum atomic E-state index is 8.62. The fourth-order valence-corrected chi connectivity index (χ4v) is 1.56. The Morgan fingerprint density at radius 2 is 2.27 bits per heavy atom. The molecule has 0 spiro atoms. The molecular formula is C7H16BNO2. The van der Waals surface area contributed by atoms with Gasteiger partial charge in [-0.2, -0.15) is 0 Å². The summed E-state index contributed by atoms with van der Waals surface area (Å²) in [7, 11) is -1.11. The summed E-state index contributed by atoms with van der Waals surface area (Å²) in [5, 5.41) is 20.5. The highest BCUT2D eigenvalue weighted by atomic mass is 16.4. The van der Waals surface area contributed by atoms with Crippen molar-refractivity contribution in [3.05, 3.63) is 0 Å². The lowest BCUT2D eigenvalue weighted by Gasteiger charge is -2.22. The smallest absolute Gasteiger partial charge is 0.427 e. The van der Waals surface area contributed by atoms with Crippen LogP contribution in [0.25, 0.3) is 0 Å². The van der Waals surface area contributed by atoms with Crippen molar-refractivity contribution in [1.82, 2.24) is 5.32 Å². The molecule has 0 unspecified atom stereocenters. The third-order valence-corrected chi connectivity index (χ3v) is 2.23. The van der Waals surface area contributed by atoms with Crippen LogP contribution in [-0.4, -0.2) is 30.3 Å². The van der Waals surface area contributed by atoms with E-state index in [2.05, 4.69) is 5.32 Å². The first kappa shape index (κ1) is 9.04. The molecule has 4 heteroatoms. The predicted octanol–water partition coefficient (Wildman–Crippen LogP) is -0.151. The van der Waals surface area contributed by atoms with Gasteiger partial charge in [0, 0.05) is 0 Å². The normalized spacial score (nSPS) is 25.1. The Bertz CT molecular complexity index is 105. The minimum Gasteiger partial charge on any atom is -0.427 e. The lowest BCUT2D eigenvalue weighted by atomic mass is 9.79. The molecule has 1 heterocycles. The number of rotatable bonds is 3. The Balaban J connectivity index is 2.05. The topological polar surface area (TPSA) is 52.5 Å². The van der Waals surface area contributed by atoms with Gasteiger partial charge in [0.2, 0.25) is 0 Å². The SMILES string of the molecule is OB(O)CC[C@@H]1CCCNC1. The van der Waals surface area contributed by atoms with E-state index in [4.69, 9.17) is 10.0 Å². The Morgan fingerprint density at radius 1 is 1.45 bits per heavy atom. The largest absolute Gasteiger partial charge is 0.451 e. The van der Waals surface area contributed by atoms with Gasteiger partial charge in [0.05, 0.1) is 0 Å². The third kappa shape index (κ3) is 3.75. The lowest BCUT2D eigenvalue weighted by Crippen LogP contribution is -2.30. The molecule has 64 valence electrons. The number of nitrogens with one attached hydrogen (secondary N) is 1. The van der Waals surface area contributed by atoms with Crippen LogP contribution >= 0.6 is 0 Å². The average Bonchev–Trinajstić information content (AvgIpc) is 2.03. The molecule has 0 aromatic heterocycles. The fraction of sp³-hybridized carbons (Fsp3) is 1.00. The van der Waals surface area contributed by atoms with Gasteiger partial charge in [-0.3, -0.25) is 0 Å². The molecule has 1 aliphatic rings. The third-order valence-electron chi connectivity index (χ3n) is 2.23. The van der Waals surface area contributed by atoms with Crippen LogP contribution in [0.1, 0.15) is 19.3 Å². The zero-order valence-corrected chi connectivity index (χ0v) is 6.79. The van der Waals surface area contributed by atoms with Crippen molar-refractivity contribution in [1.29, 1.82) is 0 Å². The lowest BCUT2D eigenvalue weighted by molar-refractivity contribution is 0.348. The van der Waals surface area contributed by atoms with Crippen LogP contribution in [0.5, 0.6) is 0 Å². The molecule has 0 radical (unpaired) electrons. The molecule has 1 saturated heterocycles. The number of piperidine rings is 1. The zero-order chi connectivity index (χ0) is 8.10. The summed E-state index contributed by atoms with van der Waals surface area (Å²) in [5.74, 6) is 0.658. The summed E-state index contributed by atoms with van der Waals surface area (Å²) in [6, 6.07) is 0. The first-order chi connectivity index (χ1) is 5.29. The van der Waals surface area contributed by atoms with E-state index in [0.717, 1.165) is 19.5 Å². The molecule has 1 fully saturated rings. The van der Waals surface area contributed by atoms with Crippen molar-refractivity contribution >= 4 is 7.12 Å². The summed E-state index contributed by atoms with van der Waals surface area (Å²) in [5.41, 5.74) is 0. The second-order valence-electron chi connectivity index (χ2n) is 3.27. The van der Waals surface area contributed by atoms with E-state index < -0.39 is 7.12 Å². The molecular weight excluding hydrogens is 141 g/mol. The molecule has 0 bridgehead atoms. The van der Waals surface area contributed by atoms with Crippen LogP contribution in [0.3, 0.4) is 0 Å². The van der Waals surface area contributed by atoms with Crippen LogP contribution < -0.4 is 5.32 Å². The van der Waals surface area contributed by atoms with E-state index in [-0.39, 0.29) is 0 Å². The summed E-state index contributed by atoms with van der Waals surface area (Å²) in [6.45, 7) is 2.17. The summed E-state index contributed by atoms with van der Waals surface area (Å²) >= 11 is 0. The van der Waals surface area contributed by atoms with Gasteiger partial charge in [-0.15, -0.1) is 0 Å². The van der Waals surface area contributed by atoms with Crippen molar-refractivity contribution in [2.24, 2.45) is 5.92 Å². The van der Waals surface area contributed by atoms with Crippen LogP contribution in [-0.2, 0) is 0 Å². The number of hydrogen-bond acceptors (Lipinski definition) is 3. The summed E-state index contributed by atoms with van der Waals surface area (Å²) < 4.78 is 0. The van der Waals surface area contributed by atoms with E-state index >= 15 is 0 Å². The Morgan fingerprint density at radius 3 is 2.82 bits per heavy atom. The standard InChI is InChI=1S/C7H16BNO2/c10-8(11)4-3-7-2-1-5-9-6-7/h7,9-11H,1-6H2/t7-/m0/s1. The van der Waals surface area contributed by atoms with E-state index in [1.165, 1.54) is 12.8 Å².